The fraction of sp³-hybridized carbons (Fsp3) is 0.440. The van der Waals surface area contributed by atoms with Crippen LogP contribution in [0.2, 0.25) is 0 Å². The van der Waals surface area contributed by atoms with Crippen LogP contribution >= 0.6 is 0 Å². The molecule has 1 rings (SSSR count). The molecule has 0 aromatic carbocycles. The summed E-state index contributed by atoms with van der Waals surface area (Å²) >= 11 is 0. The largest absolute Gasteiger partial charge is 0.348 e. The maximum atomic E-state index is 4.54. The monoisotopic (exact) mass is 351 g/mol. The van der Waals surface area contributed by atoms with Crippen LogP contribution in [0.1, 0.15) is 60.3 Å². The van der Waals surface area contributed by atoms with Crippen LogP contribution in [-0.4, -0.2) is 11.4 Å². The van der Waals surface area contributed by atoms with Gasteiger partial charge >= 0.3 is 0 Å². The maximum absolute atomic E-state index is 4.54. The third-order valence-electron chi connectivity index (χ3n) is 5.28. The molecule has 26 heavy (non-hydrogen) atoms. The zero-order valence-corrected chi connectivity index (χ0v) is 17.6. The lowest BCUT2D eigenvalue weighted by atomic mass is 9.71. The molecule has 0 aromatic rings. The molecular weight excluding hydrogens is 314 g/mol. The van der Waals surface area contributed by atoms with Crippen molar-refractivity contribution in [3.8, 4) is 0 Å². The molecule has 0 spiro atoms. The lowest BCUT2D eigenvalue weighted by Crippen LogP contribution is -2.26. The molecule has 0 aromatic heterocycles. The standard InChI is InChI=1S/C25H37N/c1-9-12-13-14-24(11-3)26-19-18-25(17-10-2,23(26)8)22(7)21(6)16-15-20(4)5/h9,12-16H,1,7-8,10-11,17-19H2,2-6H3/b13-12-,21-16+,24-14+. The molecule has 1 heteroatoms. The number of likely N-dealkylation sites (tertiary alicyclic amines) is 1. The first-order valence-electron chi connectivity index (χ1n) is 9.80. The fourth-order valence-corrected chi connectivity index (χ4v) is 3.74. The highest BCUT2D eigenvalue weighted by molar-refractivity contribution is 5.44. The van der Waals surface area contributed by atoms with Crippen molar-refractivity contribution >= 4 is 0 Å². The summed E-state index contributed by atoms with van der Waals surface area (Å²) in [5, 5.41) is 0. The van der Waals surface area contributed by atoms with E-state index in [-0.39, 0.29) is 5.41 Å². The number of nitrogens with zero attached hydrogens (tertiary/aromatic N) is 1. The number of hydrogen-bond donors (Lipinski definition) is 0. The van der Waals surface area contributed by atoms with Gasteiger partial charge in [-0.3, -0.25) is 0 Å². The van der Waals surface area contributed by atoms with E-state index in [0.717, 1.165) is 32.2 Å². The molecule has 1 atom stereocenters. The van der Waals surface area contributed by atoms with Crippen LogP contribution in [0, 0.1) is 5.41 Å². The Hall–Kier alpha value is -2.02. The van der Waals surface area contributed by atoms with Crippen molar-refractivity contribution in [2.45, 2.75) is 60.3 Å². The molecule has 1 heterocycles. The van der Waals surface area contributed by atoms with Crippen LogP contribution in [0.5, 0.6) is 0 Å². The molecule has 0 N–H and O–H groups in total. The SMILES string of the molecule is C=C/C=C\C=C(/CC)N1CCC(CCC)(C(=C)/C(C)=C/C=C(C)C)C1=C. The lowest BCUT2D eigenvalue weighted by Gasteiger charge is -2.35. The van der Waals surface area contributed by atoms with Crippen LogP contribution < -0.4 is 0 Å². The van der Waals surface area contributed by atoms with Gasteiger partial charge in [-0.25, -0.2) is 0 Å². The molecule has 1 aliphatic rings. The van der Waals surface area contributed by atoms with Gasteiger partial charge in [-0.05, 0) is 57.3 Å². The summed E-state index contributed by atoms with van der Waals surface area (Å²) in [6.07, 6.45) is 16.7. The van der Waals surface area contributed by atoms with Gasteiger partial charge < -0.3 is 4.90 Å². The number of hydrogen-bond acceptors (Lipinski definition) is 1. The molecule has 0 saturated carbocycles. The second-order valence-corrected chi connectivity index (χ2v) is 7.38. The predicted molar refractivity (Wildman–Crippen MR) is 118 cm³/mol. The van der Waals surface area contributed by atoms with E-state index in [2.05, 4.69) is 83.6 Å². The Morgan fingerprint density at radius 2 is 1.81 bits per heavy atom. The summed E-state index contributed by atoms with van der Waals surface area (Å²) in [5.74, 6) is 0. The summed E-state index contributed by atoms with van der Waals surface area (Å²) in [4.78, 5) is 2.41. The Morgan fingerprint density at radius 3 is 2.35 bits per heavy atom. The molecule has 0 amide bonds. The van der Waals surface area contributed by atoms with Gasteiger partial charge in [0.25, 0.3) is 0 Å². The quantitative estimate of drug-likeness (QED) is 0.389. The Balaban J connectivity index is 3.23. The smallest absolute Gasteiger partial charge is 0.0363 e. The second-order valence-electron chi connectivity index (χ2n) is 7.38. The third-order valence-corrected chi connectivity index (χ3v) is 5.28. The van der Waals surface area contributed by atoms with Crippen LogP contribution in [0.3, 0.4) is 0 Å². The highest BCUT2D eigenvalue weighted by Gasteiger charge is 2.43. The Morgan fingerprint density at radius 1 is 1.12 bits per heavy atom. The second kappa shape index (κ2) is 10.2. The normalized spacial score (nSPS) is 21.4. The summed E-state index contributed by atoms with van der Waals surface area (Å²) < 4.78 is 0. The Kier molecular flexibility index (Phi) is 8.65. The van der Waals surface area contributed by atoms with Gasteiger partial charge in [-0.2, -0.15) is 0 Å². The highest BCUT2D eigenvalue weighted by atomic mass is 15.2. The van der Waals surface area contributed by atoms with Gasteiger partial charge in [0, 0.05) is 23.4 Å². The topological polar surface area (TPSA) is 3.24 Å². The summed E-state index contributed by atoms with van der Waals surface area (Å²) in [6, 6.07) is 0. The Labute approximate surface area is 161 Å². The fourth-order valence-electron chi connectivity index (χ4n) is 3.74. The van der Waals surface area contributed by atoms with Gasteiger partial charge in [-0.1, -0.05) is 76.0 Å². The molecule has 1 saturated heterocycles. The first-order chi connectivity index (χ1) is 12.3. The molecule has 0 aliphatic carbocycles. The molecule has 1 aliphatic heterocycles. The molecule has 1 nitrogen and oxygen atoms in total. The predicted octanol–water partition coefficient (Wildman–Crippen LogP) is 7.50. The van der Waals surface area contributed by atoms with E-state index < -0.39 is 0 Å². The zero-order valence-electron chi connectivity index (χ0n) is 17.6. The summed E-state index contributed by atoms with van der Waals surface area (Å²) in [7, 11) is 0. The average molecular weight is 352 g/mol. The van der Waals surface area contributed by atoms with E-state index >= 15 is 0 Å². The molecule has 1 fully saturated rings. The van der Waals surface area contributed by atoms with Crippen LogP contribution in [0.25, 0.3) is 0 Å². The molecule has 0 radical (unpaired) electrons. The van der Waals surface area contributed by atoms with Gasteiger partial charge in [-0.15, -0.1) is 0 Å². The van der Waals surface area contributed by atoms with Gasteiger partial charge in [0.05, 0.1) is 0 Å². The van der Waals surface area contributed by atoms with E-state index in [1.165, 1.54) is 28.1 Å². The Bertz CT molecular complexity index is 650. The van der Waals surface area contributed by atoms with Crippen molar-refractivity contribution in [1.82, 2.24) is 4.90 Å². The molecule has 142 valence electrons. The minimum atomic E-state index is -0.0266. The highest BCUT2D eigenvalue weighted by Crippen LogP contribution is 2.51. The van der Waals surface area contributed by atoms with E-state index in [1.807, 2.05) is 12.2 Å². The average Bonchev–Trinajstić information content (AvgIpc) is 2.94. The third kappa shape index (κ3) is 5.00. The first kappa shape index (κ1) is 22.0. The van der Waals surface area contributed by atoms with E-state index in [4.69, 9.17) is 0 Å². The van der Waals surface area contributed by atoms with Crippen LogP contribution in [0.4, 0.5) is 0 Å². The number of rotatable bonds is 9. The molecule has 1 unspecified atom stereocenters. The minimum Gasteiger partial charge on any atom is -0.348 e. The first-order valence-corrected chi connectivity index (χ1v) is 9.80. The van der Waals surface area contributed by atoms with E-state index in [1.54, 1.807) is 0 Å². The van der Waals surface area contributed by atoms with Crippen molar-refractivity contribution in [1.29, 1.82) is 0 Å². The molecule has 0 bridgehead atoms. The van der Waals surface area contributed by atoms with Gasteiger partial charge in [0.2, 0.25) is 0 Å². The lowest BCUT2D eigenvalue weighted by molar-refractivity contribution is 0.394. The summed E-state index contributed by atoms with van der Waals surface area (Å²) in [5.41, 5.74) is 6.27. The maximum Gasteiger partial charge on any atom is 0.0363 e. The van der Waals surface area contributed by atoms with Crippen LogP contribution in [-0.2, 0) is 0 Å². The van der Waals surface area contributed by atoms with Crippen molar-refractivity contribution in [2.24, 2.45) is 5.41 Å². The van der Waals surface area contributed by atoms with Crippen molar-refractivity contribution < 1.29 is 0 Å². The number of allylic oxidation sites excluding steroid dienone is 10. The van der Waals surface area contributed by atoms with Gasteiger partial charge in [0.1, 0.15) is 0 Å². The van der Waals surface area contributed by atoms with Crippen molar-refractivity contribution in [2.75, 3.05) is 6.54 Å². The summed E-state index contributed by atoms with van der Waals surface area (Å²) in [6.45, 7) is 24.7. The van der Waals surface area contributed by atoms with Gasteiger partial charge in [0.15, 0.2) is 0 Å². The van der Waals surface area contributed by atoms with E-state index in [9.17, 15) is 0 Å². The minimum absolute atomic E-state index is 0.0266. The van der Waals surface area contributed by atoms with Crippen molar-refractivity contribution in [3.63, 3.8) is 0 Å². The van der Waals surface area contributed by atoms with Crippen LogP contribution in [0.15, 0.2) is 84.3 Å². The zero-order chi connectivity index (χ0) is 19.7. The van der Waals surface area contributed by atoms with Crippen molar-refractivity contribution in [3.05, 3.63) is 84.3 Å². The van der Waals surface area contributed by atoms with E-state index in [0.29, 0.717) is 0 Å². The molecular formula is C25H37N.